The normalized spacial score (nSPS) is 55.0. The number of carbonyl (C=O) groups is 1. The molecule has 17 heteroatoms. The number of carboxylic acids is 1. The molecule has 0 amide bonds. The van der Waals surface area contributed by atoms with Gasteiger partial charge in [0.25, 0.3) is 0 Å². The number of aliphatic hydroxyl groups is 9. The molecule has 5 aliphatic carbocycles. The van der Waals surface area contributed by atoms with E-state index < -0.39 is 116 Å². The molecular weight excluding hydrogens is 837 g/mol. The Hall–Kier alpha value is -1.39. The molecule has 0 aromatic carbocycles. The molecule has 3 aliphatic heterocycles. The molecule has 3 saturated heterocycles. The smallest absolute Gasteiger partial charge is 0.310 e. The monoisotopic (exact) mass is 913 g/mol. The molecule has 0 aromatic rings. The number of aliphatic hydroxyl groups excluding tert-OH is 9. The molecule has 0 bridgehead atoms. The van der Waals surface area contributed by atoms with E-state index in [1.807, 2.05) is 6.92 Å². The van der Waals surface area contributed by atoms with Gasteiger partial charge >= 0.3 is 5.97 Å². The van der Waals surface area contributed by atoms with Gasteiger partial charge in [0.05, 0.1) is 37.4 Å². The number of hydrogen-bond donors (Lipinski definition) is 10. The van der Waals surface area contributed by atoms with Crippen LogP contribution in [-0.2, 0) is 33.2 Å². The average Bonchev–Trinajstić information content (AvgIpc) is 3.24. The van der Waals surface area contributed by atoms with Gasteiger partial charge in [-0.2, -0.15) is 0 Å². The van der Waals surface area contributed by atoms with Crippen molar-refractivity contribution in [3.8, 4) is 0 Å². The van der Waals surface area contributed by atoms with Crippen LogP contribution in [0.25, 0.3) is 0 Å². The zero-order valence-electron chi connectivity index (χ0n) is 38.5. The van der Waals surface area contributed by atoms with Crippen molar-refractivity contribution in [1.82, 2.24) is 0 Å². The Kier molecular flexibility index (Phi) is 13.2. The van der Waals surface area contributed by atoms with Crippen LogP contribution in [-0.4, -0.2) is 169 Å². The van der Waals surface area contributed by atoms with Crippen molar-refractivity contribution in [2.24, 2.45) is 50.2 Å². The Morgan fingerprint density at radius 3 is 2.03 bits per heavy atom. The highest BCUT2D eigenvalue weighted by atomic mass is 16.8. The summed E-state index contributed by atoms with van der Waals surface area (Å²) in [6, 6.07) is 0. The second-order valence-electron chi connectivity index (χ2n) is 22.9. The van der Waals surface area contributed by atoms with Gasteiger partial charge in [0.1, 0.15) is 61.0 Å². The Morgan fingerprint density at radius 2 is 1.38 bits per heavy atom. The van der Waals surface area contributed by atoms with E-state index in [0.717, 1.165) is 44.9 Å². The van der Waals surface area contributed by atoms with Crippen LogP contribution in [0.3, 0.4) is 0 Å². The second kappa shape index (κ2) is 17.2. The molecule has 8 aliphatic rings. The summed E-state index contributed by atoms with van der Waals surface area (Å²) < 4.78 is 36.5. The van der Waals surface area contributed by atoms with Crippen LogP contribution >= 0.6 is 0 Å². The number of allylic oxidation sites excluding steroid dienone is 2. The molecule has 7 fully saturated rings. The van der Waals surface area contributed by atoms with Gasteiger partial charge in [0.2, 0.25) is 0 Å². The summed E-state index contributed by atoms with van der Waals surface area (Å²) in [4.78, 5) is 13.1. The Morgan fingerprint density at radius 1 is 0.719 bits per heavy atom. The second-order valence-corrected chi connectivity index (χ2v) is 22.9. The first-order valence-corrected chi connectivity index (χ1v) is 23.7. The first-order chi connectivity index (χ1) is 29.9. The minimum atomic E-state index is -1.77. The lowest BCUT2D eigenvalue weighted by Crippen LogP contribution is -2.67. The van der Waals surface area contributed by atoms with Crippen LogP contribution in [0.1, 0.15) is 113 Å². The highest BCUT2D eigenvalue weighted by Crippen LogP contribution is 2.76. The van der Waals surface area contributed by atoms with E-state index in [9.17, 15) is 55.9 Å². The Bertz CT molecular complexity index is 1750. The molecule has 10 N–H and O–H groups in total. The van der Waals surface area contributed by atoms with Crippen LogP contribution in [0.15, 0.2) is 11.6 Å². The summed E-state index contributed by atoms with van der Waals surface area (Å²) in [5.41, 5.74) is -0.704. The molecule has 64 heavy (non-hydrogen) atoms. The van der Waals surface area contributed by atoms with Gasteiger partial charge in [-0.1, -0.05) is 53.2 Å². The summed E-state index contributed by atoms with van der Waals surface area (Å²) in [5.74, 6) is -0.441. The van der Waals surface area contributed by atoms with Gasteiger partial charge in [-0.3, -0.25) is 4.79 Å². The fourth-order valence-electron chi connectivity index (χ4n) is 14.8. The molecule has 366 valence electrons. The van der Waals surface area contributed by atoms with E-state index in [2.05, 4.69) is 40.7 Å². The van der Waals surface area contributed by atoms with Crippen molar-refractivity contribution in [2.45, 2.75) is 205 Å². The largest absolute Gasteiger partial charge is 0.481 e. The van der Waals surface area contributed by atoms with E-state index in [1.54, 1.807) is 0 Å². The summed E-state index contributed by atoms with van der Waals surface area (Å²) in [7, 11) is 0. The highest BCUT2D eigenvalue weighted by Gasteiger charge is 2.70. The number of fused-ring (bicyclic) bond motifs is 7. The summed E-state index contributed by atoms with van der Waals surface area (Å²) >= 11 is 0. The quantitative estimate of drug-likeness (QED) is 0.116. The van der Waals surface area contributed by atoms with Crippen LogP contribution < -0.4 is 0 Å². The molecule has 8 rings (SSSR count). The number of aliphatic carboxylic acids is 1. The van der Waals surface area contributed by atoms with Crippen LogP contribution in [0.5, 0.6) is 0 Å². The van der Waals surface area contributed by atoms with Crippen molar-refractivity contribution >= 4 is 5.97 Å². The third-order valence-corrected chi connectivity index (χ3v) is 19.1. The lowest BCUT2D eigenvalue weighted by molar-refractivity contribution is -0.381. The molecule has 17 nitrogen and oxygen atoms in total. The molecule has 4 saturated carbocycles. The van der Waals surface area contributed by atoms with Gasteiger partial charge in [-0.15, -0.1) is 0 Å². The van der Waals surface area contributed by atoms with Crippen LogP contribution in [0, 0.1) is 50.2 Å². The molecule has 0 aromatic heterocycles. The van der Waals surface area contributed by atoms with Gasteiger partial charge in [-0.25, -0.2) is 0 Å². The standard InChI is InChI=1S/C47H76O17/c1-22-30(50)33(53)35(55)38(60-22)64-37-32(52)26(62-39-36(56)34(54)31(51)25(19-48)61-39)20-59-40(37)63-29-11-12-43(4)27(44(29,5)21-49)10-13-46(7)28(43)9-8-23-24-18-42(2,3)14-16-47(24,41(57)58)17-15-45(23,46)6/h8,22,24-40,48-56H,9-21H2,1-7H3,(H,57,58)/t22-,24-,25-,26-,27+,28+,29-,30-,31-,32+,33+,34+,35-,36-,37-,38+,39+,40+,43-,44-,45+,46+,47-/m0/s1. The molecule has 23 atom stereocenters. The maximum atomic E-state index is 13.1. The summed E-state index contributed by atoms with van der Waals surface area (Å²) in [6.45, 7) is 14.0. The zero-order chi connectivity index (χ0) is 46.7. The molecule has 0 unspecified atom stereocenters. The van der Waals surface area contributed by atoms with Gasteiger partial charge in [0.15, 0.2) is 18.9 Å². The predicted molar refractivity (Wildman–Crippen MR) is 225 cm³/mol. The number of carboxylic acid groups (broad SMARTS) is 1. The number of hydrogen-bond acceptors (Lipinski definition) is 16. The van der Waals surface area contributed by atoms with Crippen molar-refractivity contribution in [1.29, 1.82) is 0 Å². The molecular formula is C47H76O17. The molecule has 0 spiro atoms. The van der Waals surface area contributed by atoms with Crippen LogP contribution in [0.2, 0.25) is 0 Å². The predicted octanol–water partition coefficient (Wildman–Crippen LogP) is 1.35. The minimum Gasteiger partial charge on any atom is -0.481 e. The fourth-order valence-corrected chi connectivity index (χ4v) is 14.8. The topological polar surface area (TPSA) is 275 Å². The van der Waals surface area contributed by atoms with E-state index in [0.29, 0.717) is 19.3 Å². The first kappa shape index (κ1) is 49.0. The van der Waals surface area contributed by atoms with Gasteiger partial charge < -0.3 is 79.5 Å². The van der Waals surface area contributed by atoms with Gasteiger partial charge in [0, 0.05) is 5.41 Å². The average molecular weight is 913 g/mol. The third kappa shape index (κ3) is 7.49. The summed E-state index contributed by atoms with van der Waals surface area (Å²) in [5, 5.41) is 108. The van der Waals surface area contributed by atoms with Crippen molar-refractivity contribution < 1.29 is 84.3 Å². The lowest BCUT2D eigenvalue weighted by Gasteiger charge is -2.71. The van der Waals surface area contributed by atoms with E-state index >= 15 is 0 Å². The maximum Gasteiger partial charge on any atom is 0.310 e. The number of ether oxygens (including phenoxy) is 6. The summed E-state index contributed by atoms with van der Waals surface area (Å²) in [6.07, 6.45) is -11.7. The van der Waals surface area contributed by atoms with Crippen molar-refractivity contribution in [2.75, 3.05) is 19.8 Å². The third-order valence-electron chi connectivity index (χ3n) is 19.1. The number of rotatable bonds is 9. The van der Waals surface area contributed by atoms with E-state index in [4.69, 9.17) is 28.4 Å². The van der Waals surface area contributed by atoms with Crippen molar-refractivity contribution in [3.63, 3.8) is 0 Å². The first-order valence-electron chi connectivity index (χ1n) is 23.7. The maximum absolute atomic E-state index is 13.1. The molecule has 3 heterocycles. The van der Waals surface area contributed by atoms with Gasteiger partial charge in [-0.05, 0) is 111 Å². The van der Waals surface area contributed by atoms with Crippen LogP contribution in [0.4, 0.5) is 0 Å². The zero-order valence-corrected chi connectivity index (χ0v) is 38.5. The van der Waals surface area contributed by atoms with E-state index in [-0.39, 0.29) is 52.6 Å². The van der Waals surface area contributed by atoms with E-state index in [1.165, 1.54) is 12.5 Å². The lowest BCUT2D eigenvalue weighted by atomic mass is 9.33. The SMILES string of the molecule is C[C@@H]1O[C@H](O[C@@H]2[C@@H](O[C@H]3CC[C@@]4(C)[C@@H](CC[C@]5(C)[C@@H]4CC=C4[C@@H]6CC(C)(C)CC[C@]6(C(=O)O)CC[C@]45C)[C@]3(C)CO)OC[C@H](O[C@H]3O[C@@H](CO)[C@H](O)[C@@H](O)[C@@H]3O)[C@H]2O)[C@@H](O)[C@H](O)[C@H]1O. The fraction of sp³-hybridized carbons (Fsp3) is 0.936. The highest BCUT2D eigenvalue weighted by molar-refractivity contribution is 5.76. The Labute approximate surface area is 376 Å². The minimum absolute atomic E-state index is 0.00757. The van der Waals surface area contributed by atoms with Crippen molar-refractivity contribution in [3.05, 3.63) is 11.6 Å². The molecule has 0 radical (unpaired) electrons. The Balaban J connectivity index is 1.05.